The summed E-state index contributed by atoms with van der Waals surface area (Å²) in [5.41, 5.74) is 1.66. The van der Waals surface area contributed by atoms with Gasteiger partial charge in [0.05, 0.1) is 16.9 Å². The van der Waals surface area contributed by atoms with Gasteiger partial charge in [-0.1, -0.05) is 35.9 Å². The molecule has 0 saturated carbocycles. The Morgan fingerprint density at radius 2 is 2.07 bits per heavy atom. The predicted molar refractivity (Wildman–Crippen MR) is 123 cm³/mol. The highest BCUT2D eigenvalue weighted by Crippen LogP contribution is 2.33. The fraction of sp³-hybridized carbons (Fsp3) is 0.150. The third-order valence-corrected chi connectivity index (χ3v) is 7.27. The van der Waals surface area contributed by atoms with Gasteiger partial charge in [0.1, 0.15) is 10.7 Å². The fourth-order valence-corrected chi connectivity index (χ4v) is 5.51. The van der Waals surface area contributed by atoms with E-state index in [1.54, 1.807) is 17.4 Å². The van der Waals surface area contributed by atoms with Gasteiger partial charge >= 0.3 is 0 Å². The molecule has 0 fully saturated rings. The molecular weight excluding hydrogens is 446 g/mol. The number of nitrogens with zero attached hydrogens (tertiary/aromatic N) is 1. The summed E-state index contributed by atoms with van der Waals surface area (Å²) in [7, 11) is 0. The number of aromatic amines is 1. The molecule has 9 heteroatoms. The summed E-state index contributed by atoms with van der Waals surface area (Å²) in [6, 6.07) is 11.4. The van der Waals surface area contributed by atoms with Crippen LogP contribution in [0.5, 0.6) is 0 Å². The van der Waals surface area contributed by atoms with Crippen LogP contribution in [0.1, 0.15) is 11.4 Å². The Balaban J connectivity index is 1.36. The molecule has 3 aromatic heterocycles. The summed E-state index contributed by atoms with van der Waals surface area (Å²) in [6.45, 7) is 0.390. The third kappa shape index (κ3) is 4.72. The van der Waals surface area contributed by atoms with Gasteiger partial charge in [0, 0.05) is 27.4 Å². The van der Waals surface area contributed by atoms with Crippen molar-refractivity contribution in [2.45, 2.75) is 12.3 Å². The Morgan fingerprint density at radius 3 is 2.86 bits per heavy atom. The fourth-order valence-electron chi connectivity index (χ4n) is 2.80. The number of hydrogen-bond acceptors (Lipinski definition) is 6. The van der Waals surface area contributed by atoms with Crippen molar-refractivity contribution in [3.8, 4) is 10.4 Å². The van der Waals surface area contributed by atoms with Crippen LogP contribution in [0.25, 0.3) is 20.7 Å². The number of H-pyrrole nitrogens is 1. The number of nitrogens with one attached hydrogen (secondary N) is 2. The zero-order valence-electron chi connectivity index (χ0n) is 15.1. The first-order valence-corrected chi connectivity index (χ1v) is 12.0. The summed E-state index contributed by atoms with van der Waals surface area (Å²) in [5, 5.41) is 8.07. The number of fused-ring (bicyclic) bond motifs is 1. The summed E-state index contributed by atoms with van der Waals surface area (Å²) in [4.78, 5) is 33.8. The van der Waals surface area contributed by atoms with E-state index in [4.69, 9.17) is 11.6 Å². The Labute approximate surface area is 184 Å². The topological polar surface area (TPSA) is 74.8 Å². The van der Waals surface area contributed by atoms with Gasteiger partial charge in [-0.05, 0) is 23.1 Å². The van der Waals surface area contributed by atoms with E-state index >= 15 is 0 Å². The first-order chi connectivity index (χ1) is 14.1. The third-order valence-electron chi connectivity index (χ3n) is 4.19. The number of carbonyl (C=O) groups is 1. The molecule has 0 atom stereocenters. The van der Waals surface area contributed by atoms with Gasteiger partial charge in [0.2, 0.25) is 5.91 Å². The molecule has 29 heavy (non-hydrogen) atoms. The second kappa shape index (κ2) is 9.13. The minimum absolute atomic E-state index is 0.0885. The maximum absolute atomic E-state index is 12.6. The predicted octanol–water partition coefficient (Wildman–Crippen LogP) is 4.92. The number of halogens is 1. The molecule has 4 aromatic rings. The molecule has 148 valence electrons. The van der Waals surface area contributed by atoms with Crippen molar-refractivity contribution in [3.05, 3.63) is 73.9 Å². The summed E-state index contributed by atoms with van der Waals surface area (Å²) in [5.74, 6) is 1.22. The quantitative estimate of drug-likeness (QED) is 0.409. The van der Waals surface area contributed by atoms with Crippen molar-refractivity contribution in [1.29, 1.82) is 0 Å². The molecule has 1 amide bonds. The molecule has 0 aliphatic heterocycles. The van der Waals surface area contributed by atoms with Crippen molar-refractivity contribution in [2.75, 3.05) is 5.75 Å². The highest BCUT2D eigenvalue weighted by molar-refractivity contribution is 7.99. The molecular formula is C20H16ClN3O2S3. The van der Waals surface area contributed by atoms with Gasteiger partial charge in [0.15, 0.2) is 0 Å². The number of amides is 1. The van der Waals surface area contributed by atoms with Crippen molar-refractivity contribution < 1.29 is 4.79 Å². The molecule has 0 spiro atoms. The molecule has 0 aliphatic rings. The van der Waals surface area contributed by atoms with Gasteiger partial charge in [-0.2, -0.15) is 0 Å². The first kappa shape index (κ1) is 20.2. The summed E-state index contributed by atoms with van der Waals surface area (Å²) in [6.07, 6.45) is 0. The SMILES string of the molecule is O=C(CSCc1nc2scc(-c3cccs3)c2c(=O)[nH]1)NCc1ccccc1Cl. The Hall–Kier alpha value is -2.13. The van der Waals surface area contributed by atoms with E-state index in [2.05, 4.69) is 15.3 Å². The van der Waals surface area contributed by atoms with Crippen molar-refractivity contribution in [1.82, 2.24) is 15.3 Å². The van der Waals surface area contributed by atoms with E-state index in [1.165, 1.54) is 23.1 Å². The number of carbonyl (C=O) groups excluding carboxylic acids is 1. The zero-order valence-corrected chi connectivity index (χ0v) is 18.3. The van der Waals surface area contributed by atoms with Crippen LogP contribution in [0.3, 0.4) is 0 Å². The monoisotopic (exact) mass is 461 g/mol. The van der Waals surface area contributed by atoms with Crippen LogP contribution in [0.2, 0.25) is 5.02 Å². The van der Waals surface area contributed by atoms with Crippen molar-refractivity contribution in [3.63, 3.8) is 0 Å². The molecule has 4 rings (SSSR count). The maximum Gasteiger partial charge on any atom is 0.260 e. The van der Waals surface area contributed by atoms with Gasteiger partial charge < -0.3 is 10.3 Å². The highest BCUT2D eigenvalue weighted by Gasteiger charge is 2.14. The standard InChI is InChI=1S/C20H16ClN3O2S3/c21-14-5-2-1-4-12(14)8-22-17(25)11-27-10-16-23-19(26)18-13(9-29-20(18)24-16)15-6-3-7-28-15/h1-7,9H,8,10-11H2,(H,22,25)(H,23,24,26). The van der Waals surface area contributed by atoms with Crippen LogP contribution >= 0.6 is 46.0 Å². The molecule has 1 aromatic carbocycles. The van der Waals surface area contributed by atoms with E-state index < -0.39 is 0 Å². The smallest absolute Gasteiger partial charge is 0.260 e. The minimum atomic E-state index is -0.140. The number of aromatic nitrogens is 2. The zero-order chi connectivity index (χ0) is 20.2. The van der Waals surface area contributed by atoms with Gasteiger partial charge in [-0.15, -0.1) is 34.4 Å². The van der Waals surface area contributed by atoms with E-state index in [0.717, 1.165) is 20.8 Å². The molecule has 0 aliphatic carbocycles. The lowest BCUT2D eigenvalue weighted by Gasteiger charge is -2.07. The molecule has 0 radical (unpaired) electrons. The van der Waals surface area contributed by atoms with Crippen LogP contribution < -0.4 is 10.9 Å². The number of thiophene rings is 2. The molecule has 3 heterocycles. The van der Waals surface area contributed by atoms with E-state index in [0.29, 0.717) is 28.5 Å². The molecule has 0 unspecified atom stereocenters. The van der Waals surface area contributed by atoms with Crippen molar-refractivity contribution >= 4 is 62.2 Å². The lowest BCUT2D eigenvalue weighted by molar-refractivity contribution is -0.118. The number of benzene rings is 1. The van der Waals surface area contributed by atoms with Crippen molar-refractivity contribution in [2.24, 2.45) is 0 Å². The minimum Gasteiger partial charge on any atom is -0.351 e. The van der Waals surface area contributed by atoms with Crippen LogP contribution in [-0.4, -0.2) is 21.6 Å². The Bertz CT molecular complexity index is 1200. The average molecular weight is 462 g/mol. The van der Waals surface area contributed by atoms with Gasteiger partial charge in [-0.25, -0.2) is 4.98 Å². The van der Waals surface area contributed by atoms with E-state index in [-0.39, 0.29) is 17.2 Å². The first-order valence-electron chi connectivity index (χ1n) is 8.74. The second-order valence-corrected chi connectivity index (χ2v) is 9.38. The second-order valence-electron chi connectivity index (χ2n) is 6.18. The molecule has 5 nitrogen and oxygen atoms in total. The lowest BCUT2D eigenvalue weighted by atomic mass is 10.2. The number of rotatable bonds is 7. The van der Waals surface area contributed by atoms with E-state index in [1.807, 2.05) is 41.1 Å². The average Bonchev–Trinajstić information content (AvgIpc) is 3.37. The largest absolute Gasteiger partial charge is 0.351 e. The molecule has 0 bridgehead atoms. The van der Waals surface area contributed by atoms with Gasteiger partial charge in [0.25, 0.3) is 5.56 Å². The normalized spacial score (nSPS) is 11.1. The summed E-state index contributed by atoms with van der Waals surface area (Å²) >= 11 is 10.6. The van der Waals surface area contributed by atoms with Crippen LogP contribution in [0.15, 0.2) is 52.0 Å². The van der Waals surface area contributed by atoms with Gasteiger partial charge in [-0.3, -0.25) is 9.59 Å². The summed E-state index contributed by atoms with van der Waals surface area (Å²) < 4.78 is 0. The number of hydrogen-bond donors (Lipinski definition) is 2. The van der Waals surface area contributed by atoms with Crippen LogP contribution in [0, 0.1) is 0 Å². The number of thioether (sulfide) groups is 1. The Morgan fingerprint density at radius 1 is 1.21 bits per heavy atom. The Kier molecular flexibility index (Phi) is 6.34. The lowest BCUT2D eigenvalue weighted by Crippen LogP contribution is -2.24. The molecule has 0 saturated heterocycles. The maximum atomic E-state index is 12.6. The van der Waals surface area contributed by atoms with Crippen LogP contribution in [0.4, 0.5) is 0 Å². The van der Waals surface area contributed by atoms with Crippen LogP contribution in [-0.2, 0) is 17.1 Å². The van der Waals surface area contributed by atoms with E-state index in [9.17, 15) is 9.59 Å². The highest BCUT2D eigenvalue weighted by atomic mass is 35.5. The molecule has 2 N–H and O–H groups in total.